The summed E-state index contributed by atoms with van der Waals surface area (Å²) in [5.74, 6) is 1.53. The SMILES string of the molecule is COc1cccc(Cl)c1CNc1nc(C)cnc1C. The van der Waals surface area contributed by atoms with Crippen molar-refractivity contribution in [1.29, 1.82) is 0 Å². The maximum atomic E-state index is 6.19. The third kappa shape index (κ3) is 3.15. The number of rotatable bonds is 4. The van der Waals surface area contributed by atoms with Gasteiger partial charge in [-0.3, -0.25) is 4.98 Å². The van der Waals surface area contributed by atoms with Crippen molar-refractivity contribution in [2.75, 3.05) is 12.4 Å². The van der Waals surface area contributed by atoms with Gasteiger partial charge in [0, 0.05) is 23.3 Å². The first-order valence-electron chi connectivity index (χ1n) is 5.97. The van der Waals surface area contributed by atoms with Gasteiger partial charge in [0.15, 0.2) is 0 Å². The summed E-state index contributed by atoms with van der Waals surface area (Å²) < 4.78 is 5.31. The molecule has 0 saturated heterocycles. The van der Waals surface area contributed by atoms with Crippen LogP contribution in [-0.2, 0) is 6.54 Å². The molecule has 0 saturated carbocycles. The second-order valence-electron chi connectivity index (χ2n) is 4.22. The lowest BCUT2D eigenvalue weighted by Gasteiger charge is -2.13. The molecular formula is C14H16ClN3O. The Bertz CT molecular complexity index is 587. The van der Waals surface area contributed by atoms with E-state index in [1.54, 1.807) is 13.3 Å². The summed E-state index contributed by atoms with van der Waals surface area (Å²) >= 11 is 6.19. The number of ether oxygens (including phenoxy) is 1. The van der Waals surface area contributed by atoms with E-state index in [-0.39, 0.29) is 0 Å². The van der Waals surface area contributed by atoms with Gasteiger partial charge in [-0.1, -0.05) is 17.7 Å². The number of halogens is 1. The van der Waals surface area contributed by atoms with Crippen LogP contribution in [0.5, 0.6) is 5.75 Å². The Hall–Kier alpha value is -1.81. The lowest BCUT2D eigenvalue weighted by atomic mass is 10.2. The zero-order valence-corrected chi connectivity index (χ0v) is 12.0. The molecule has 1 heterocycles. The zero-order chi connectivity index (χ0) is 13.8. The van der Waals surface area contributed by atoms with Gasteiger partial charge >= 0.3 is 0 Å². The monoisotopic (exact) mass is 277 g/mol. The van der Waals surface area contributed by atoms with Crippen molar-refractivity contribution < 1.29 is 4.74 Å². The summed E-state index contributed by atoms with van der Waals surface area (Å²) in [5.41, 5.74) is 2.64. The number of anilines is 1. The van der Waals surface area contributed by atoms with Gasteiger partial charge in [-0.2, -0.15) is 0 Å². The van der Waals surface area contributed by atoms with E-state index < -0.39 is 0 Å². The van der Waals surface area contributed by atoms with Gasteiger partial charge in [0.2, 0.25) is 0 Å². The van der Waals surface area contributed by atoms with Crippen LogP contribution in [0.1, 0.15) is 17.0 Å². The highest BCUT2D eigenvalue weighted by atomic mass is 35.5. The van der Waals surface area contributed by atoms with Crippen LogP contribution in [0.15, 0.2) is 24.4 Å². The Morgan fingerprint density at radius 2 is 2.11 bits per heavy atom. The quantitative estimate of drug-likeness (QED) is 0.931. The second-order valence-corrected chi connectivity index (χ2v) is 4.63. The second kappa shape index (κ2) is 5.89. The lowest BCUT2D eigenvalue weighted by molar-refractivity contribution is 0.410. The predicted octanol–water partition coefficient (Wildman–Crippen LogP) is 3.37. The molecule has 0 aliphatic heterocycles. The Balaban J connectivity index is 2.21. The molecule has 1 aromatic carbocycles. The molecule has 0 bridgehead atoms. The Labute approximate surface area is 117 Å². The molecule has 1 N–H and O–H groups in total. The minimum Gasteiger partial charge on any atom is -0.496 e. The van der Waals surface area contributed by atoms with Crippen molar-refractivity contribution in [1.82, 2.24) is 9.97 Å². The van der Waals surface area contributed by atoms with E-state index in [1.807, 2.05) is 32.0 Å². The molecule has 1 aromatic heterocycles. The fourth-order valence-electron chi connectivity index (χ4n) is 1.78. The molecule has 0 unspecified atom stereocenters. The van der Waals surface area contributed by atoms with E-state index in [4.69, 9.17) is 16.3 Å². The number of benzene rings is 1. The van der Waals surface area contributed by atoms with Gasteiger partial charge in [-0.25, -0.2) is 4.98 Å². The zero-order valence-electron chi connectivity index (χ0n) is 11.2. The number of hydrogen-bond donors (Lipinski definition) is 1. The Morgan fingerprint density at radius 3 is 2.84 bits per heavy atom. The molecule has 19 heavy (non-hydrogen) atoms. The Morgan fingerprint density at radius 1 is 1.32 bits per heavy atom. The highest BCUT2D eigenvalue weighted by Gasteiger charge is 2.09. The van der Waals surface area contributed by atoms with Crippen LogP contribution < -0.4 is 10.1 Å². The van der Waals surface area contributed by atoms with Crippen LogP contribution in [0.3, 0.4) is 0 Å². The summed E-state index contributed by atoms with van der Waals surface area (Å²) in [6, 6.07) is 5.59. The number of aryl methyl sites for hydroxylation is 2. The lowest BCUT2D eigenvalue weighted by Crippen LogP contribution is -2.07. The van der Waals surface area contributed by atoms with Crippen LogP contribution in [0.25, 0.3) is 0 Å². The van der Waals surface area contributed by atoms with Crippen molar-refractivity contribution in [2.45, 2.75) is 20.4 Å². The van der Waals surface area contributed by atoms with Crippen LogP contribution in [0.4, 0.5) is 5.82 Å². The number of hydrogen-bond acceptors (Lipinski definition) is 4. The molecule has 0 fully saturated rings. The first kappa shape index (κ1) is 13.6. The third-order valence-corrected chi connectivity index (χ3v) is 3.16. The van der Waals surface area contributed by atoms with E-state index in [1.165, 1.54) is 0 Å². The average Bonchev–Trinajstić information content (AvgIpc) is 2.40. The molecule has 5 heteroatoms. The Kier molecular flexibility index (Phi) is 4.22. The van der Waals surface area contributed by atoms with E-state index in [0.717, 1.165) is 28.5 Å². The molecule has 0 amide bonds. The number of methoxy groups -OCH3 is 1. The molecule has 2 aromatic rings. The first-order chi connectivity index (χ1) is 9.11. The van der Waals surface area contributed by atoms with Gasteiger partial charge in [0.25, 0.3) is 0 Å². The maximum absolute atomic E-state index is 6.19. The molecule has 4 nitrogen and oxygen atoms in total. The van der Waals surface area contributed by atoms with Crippen LogP contribution in [0.2, 0.25) is 5.02 Å². The summed E-state index contributed by atoms with van der Waals surface area (Å²) in [7, 11) is 1.63. The third-order valence-electron chi connectivity index (χ3n) is 2.80. The number of nitrogens with zero attached hydrogens (tertiary/aromatic N) is 2. The highest BCUT2D eigenvalue weighted by molar-refractivity contribution is 6.31. The van der Waals surface area contributed by atoms with Gasteiger partial charge in [0.1, 0.15) is 11.6 Å². The highest BCUT2D eigenvalue weighted by Crippen LogP contribution is 2.27. The standard InChI is InChI=1S/C14H16ClN3O/c1-9-7-16-10(2)14(18-9)17-8-11-12(15)5-4-6-13(11)19-3/h4-7H,8H2,1-3H3,(H,17,18). The molecule has 0 radical (unpaired) electrons. The van der Waals surface area contributed by atoms with Crippen molar-refractivity contribution >= 4 is 17.4 Å². The predicted molar refractivity (Wildman–Crippen MR) is 76.8 cm³/mol. The number of aromatic nitrogens is 2. The minimum atomic E-state index is 0.543. The van der Waals surface area contributed by atoms with Crippen LogP contribution >= 0.6 is 11.6 Å². The van der Waals surface area contributed by atoms with Crippen molar-refractivity contribution in [2.24, 2.45) is 0 Å². The first-order valence-corrected chi connectivity index (χ1v) is 6.35. The smallest absolute Gasteiger partial charge is 0.148 e. The fourth-order valence-corrected chi connectivity index (χ4v) is 2.01. The summed E-state index contributed by atoms with van der Waals surface area (Å²) in [4.78, 5) is 8.68. The van der Waals surface area contributed by atoms with Crippen molar-refractivity contribution in [3.63, 3.8) is 0 Å². The van der Waals surface area contributed by atoms with Gasteiger partial charge in [0.05, 0.1) is 18.5 Å². The van der Waals surface area contributed by atoms with Gasteiger partial charge in [-0.15, -0.1) is 0 Å². The van der Waals surface area contributed by atoms with E-state index in [2.05, 4.69) is 15.3 Å². The largest absolute Gasteiger partial charge is 0.496 e. The number of nitrogens with one attached hydrogen (secondary N) is 1. The fraction of sp³-hybridized carbons (Fsp3) is 0.286. The minimum absolute atomic E-state index is 0.543. The summed E-state index contributed by atoms with van der Waals surface area (Å²) in [6.45, 7) is 4.37. The van der Waals surface area contributed by atoms with E-state index >= 15 is 0 Å². The topological polar surface area (TPSA) is 47.0 Å². The molecular weight excluding hydrogens is 262 g/mol. The molecule has 0 aliphatic rings. The summed E-state index contributed by atoms with van der Waals surface area (Å²) in [6.07, 6.45) is 1.75. The summed E-state index contributed by atoms with van der Waals surface area (Å²) in [5, 5.41) is 3.92. The van der Waals surface area contributed by atoms with Gasteiger partial charge in [-0.05, 0) is 26.0 Å². The molecule has 2 rings (SSSR count). The van der Waals surface area contributed by atoms with E-state index in [9.17, 15) is 0 Å². The normalized spacial score (nSPS) is 10.3. The van der Waals surface area contributed by atoms with Crippen LogP contribution in [0, 0.1) is 13.8 Å². The average molecular weight is 278 g/mol. The molecule has 0 aliphatic carbocycles. The van der Waals surface area contributed by atoms with Gasteiger partial charge < -0.3 is 10.1 Å². The van der Waals surface area contributed by atoms with E-state index in [0.29, 0.717) is 11.6 Å². The molecule has 0 atom stereocenters. The molecule has 0 spiro atoms. The molecule has 100 valence electrons. The maximum Gasteiger partial charge on any atom is 0.148 e. The van der Waals surface area contributed by atoms with Crippen molar-refractivity contribution in [3.05, 3.63) is 46.4 Å². The van der Waals surface area contributed by atoms with Crippen LogP contribution in [-0.4, -0.2) is 17.1 Å². The van der Waals surface area contributed by atoms with Crippen molar-refractivity contribution in [3.8, 4) is 5.75 Å².